The fourth-order valence-electron chi connectivity index (χ4n) is 1.45. The number of rotatable bonds is 3. The molecule has 0 saturated carbocycles. The Morgan fingerprint density at radius 2 is 1.90 bits per heavy atom. The van der Waals surface area contributed by atoms with Gasteiger partial charge < -0.3 is 5.32 Å². The van der Waals surface area contributed by atoms with Gasteiger partial charge in [0, 0.05) is 10.5 Å². The van der Waals surface area contributed by atoms with Crippen molar-refractivity contribution in [2.45, 2.75) is 6.18 Å². The van der Waals surface area contributed by atoms with Crippen LogP contribution in [0.15, 0.2) is 28.7 Å². The fraction of sp³-hybridized carbons (Fsp3) is 0.0909. The smallest absolute Gasteiger partial charge is 0.339 e. The first-order valence-electron chi connectivity index (χ1n) is 5.44. The summed E-state index contributed by atoms with van der Waals surface area (Å²) in [7, 11) is 0. The number of nitrogens with zero attached hydrogens (tertiary/aromatic N) is 2. The molecule has 0 fully saturated rings. The fourth-order valence-corrected chi connectivity index (χ4v) is 2.17. The summed E-state index contributed by atoms with van der Waals surface area (Å²) < 4.78 is 38.9. The normalized spacial score (nSPS) is 11.3. The van der Waals surface area contributed by atoms with E-state index in [0.29, 0.717) is 10.7 Å². The second-order valence-electron chi connectivity index (χ2n) is 3.85. The molecular weight excluding hydrogens is 375 g/mol. The monoisotopic (exact) mass is 381 g/mol. The summed E-state index contributed by atoms with van der Waals surface area (Å²) in [6.45, 7) is 0. The Kier molecular flexibility index (Phi) is 4.55. The summed E-state index contributed by atoms with van der Waals surface area (Å²) in [5, 5.41) is 3.01. The van der Waals surface area contributed by atoms with E-state index >= 15 is 0 Å². The summed E-state index contributed by atoms with van der Waals surface area (Å²) in [4.78, 5) is 7.04. The number of hydrogen-bond donors (Lipinski definition) is 3. The van der Waals surface area contributed by atoms with Crippen LogP contribution in [0.3, 0.4) is 0 Å². The van der Waals surface area contributed by atoms with E-state index < -0.39 is 11.9 Å². The van der Waals surface area contributed by atoms with Crippen LogP contribution in [0.4, 0.5) is 30.6 Å². The molecular formula is C11H8BrClF3N5. The van der Waals surface area contributed by atoms with Crippen LogP contribution in [0.2, 0.25) is 5.02 Å². The molecule has 0 amide bonds. The lowest BCUT2D eigenvalue weighted by Gasteiger charge is -2.12. The number of nitrogens with two attached hydrogens (primary N) is 1. The van der Waals surface area contributed by atoms with E-state index in [2.05, 4.69) is 31.2 Å². The molecule has 1 aromatic heterocycles. The van der Waals surface area contributed by atoms with Crippen molar-refractivity contribution in [3.05, 3.63) is 39.5 Å². The van der Waals surface area contributed by atoms with Crippen molar-refractivity contribution in [1.29, 1.82) is 0 Å². The lowest BCUT2D eigenvalue weighted by atomic mass is 10.3. The van der Waals surface area contributed by atoms with Crippen molar-refractivity contribution < 1.29 is 13.2 Å². The number of anilines is 3. The van der Waals surface area contributed by atoms with Gasteiger partial charge in [-0.2, -0.15) is 18.2 Å². The highest BCUT2D eigenvalue weighted by Gasteiger charge is 2.33. The Labute approximate surface area is 130 Å². The number of nitrogens with one attached hydrogen (secondary N) is 2. The molecule has 0 atom stereocenters. The maximum Gasteiger partial charge on any atom is 0.433 e. The highest BCUT2D eigenvalue weighted by atomic mass is 79.9. The molecule has 0 aliphatic heterocycles. The average Bonchev–Trinajstić information content (AvgIpc) is 2.40. The van der Waals surface area contributed by atoms with E-state index in [0.717, 1.165) is 10.5 Å². The van der Waals surface area contributed by atoms with Gasteiger partial charge in [-0.1, -0.05) is 27.5 Å². The van der Waals surface area contributed by atoms with Crippen LogP contribution in [0.5, 0.6) is 0 Å². The highest BCUT2D eigenvalue weighted by molar-refractivity contribution is 9.10. The van der Waals surface area contributed by atoms with Crippen LogP contribution in [0.25, 0.3) is 0 Å². The summed E-state index contributed by atoms with van der Waals surface area (Å²) >= 11 is 9.21. The average molecular weight is 383 g/mol. The molecule has 1 aromatic carbocycles. The van der Waals surface area contributed by atoms with E-state index in [4.69, 9.17) is 17.4 Å². The Bertz CT molecular complexity index is 665. The zero-order valence-electron chi connectivity index (χ0n) is 10.2. The summed E-state index contributed by atoms with van der Waals surface area (Å²) in [6.07, 6.45) is -4.62. The number of aromatic nitrogens is 2. The van der Waals surface area contributed by atoms with E-state index in [1.54, 1.807) is 18.2 Å². The topological polar surface area (TPSA) is 75.9 Å². The van der Waals surface area contributed by atoms with Gasteiger partial charge >= 0.3 is 6.18 Å². The van der Waals surface area contributed by atoms with E-state index in [-0.39, 0.29) is 11.8 Å². The van der Waals surface area contributed by atoms with Gasteiger partial charge in [-0.15, -0.1) is 0 Å². The van der Waals surface area contributed by atoms with Crippen molar-refractivity contribution in [3.63, 3.8) is 0 Å². The molecule has 21 heavy (non-hydrogen) atoms. The lowest BCUT2D eigenvalue weighted by molar-refractivity contribution is -0.141. The molecule has 0 radical (unpaired) electrons. The number of alkyl halides is 3. The van der Waals surface area contributed by atoms with Crippen LogP contribution in [-0.4, -0.2) is 9.97 Å². The predicted octanol–water partition coefficient (Wildman–Crippen LogP) is 3.94. The minimum Gasteiger partial charge on any atom is -0.339 e. The molecule has 0 saturated heterocycles. The Hall–Kier alpha value is -1.58. The number of benzene rings is 1. The summed E-state index contributed by atoms with van der Waals surface area (Å²) in [5.41, 5.74) is 1.26. The maximum atomic E-state index is 12.7. The zero-order valence-corrected chi connectivity index (χ0v) is 12.5. The van der Waals surface area contributed by atoms with Gasteiger partial charge in [-0.05, 0) is 18.2 Å². The number of halogens is 5. The molecule has 5 nitrogen and oxygen atoms in total. The first kappa shape index (κ1) is 15.8. The third kappa shape index (κ3) is 3.96. The Morgan fingerprint density at radius 1 is 1.19 bits per heavy atom. The van der Waals surface area contributed by atoms with Gasteiger partial charge in [0.2, 0.25) is 5.95 Å². The van der Waals surface area contributed by atoms with Crippen LogP contribution in [-0.2, 0) is 6.18 Å². The van der Waals surface area contributed by atoms with Gasteiger partial charge in [0.15, 0.2) is 5.69 Å². The third-order valence-electron chi connectivity index (χ3n) is 2.34. The minimum atomic E-state index is -4.62. The molecule has 0 unspecified atom stereocenters. The second-order valence-corrected chi connectivity index (χ2v) is 5.18. The van der Waals surface area contributed by atoms with Gasteiger partial charge in [0.25, 0.3) is 0 Å². The van der Waals surface area contributed by atoms with Crippen LogP contribution in [0.1, 0.15) is 5.69 Å². The van der Waals surface area contributed by atoms with E-state index in [1.807, 2.05) is 5.43 Å². The molecule has 112 valence electrons. The summed E-state index contributed by atoms with van der Waals surface area (Å²) in [5.74, 6) is 4.62. The minimum absolute atomic E-state index is 0.0884. The number of hydrazine groups is 1. The molecule has 0 bridgehead atoms. The van der Waals surface area contributed by atoms with Crippen molar-refractivity contribution in [2.75, 3.05) is 10.7 Å². The molecule has 1 heterocycles. The van der Waals surface area contributed by atoms with E-state index in [1.165, 1.54) is 0 Å². The summed E-state index contributed by atoms with van der Waals surface area (Å²) in [6, 6.07) is 5.64. The Morgan fingerprint density at radius 3 is 2.48 bits per heavy atom. The molecule has 2 aromatic rings. The molecule has 2 rings (SSSR count). The third-order valence-corrected chi connectivity index (χ3v) is 3.15. The Balaban J connectivity index is 2.39. The van der Waals surface area contributed by atoms with Crippen molar-refractivity contribution >= 4 is 45.0 Å². The molecule has 0 aliphatic carbocycles. The van der Waals surface area contributed by atoms with Gasteiger partial charge in [0.05, 0.1) is 10.7 Å². The standard InChI is InChI=1S/C11H8BrClF3N5/c12-5-1-2-7(6(13)3-5)18-9-4-8(11(14,15)16)19-10(20-9)21-17/h1-4H,17H2,(H2,18,19,20,21). The maximum absolute atomic E-state index is 12.7. The van der Waals surface area contributed by atoms with Gasteiger partial charge in [-0.3, -0.25) is 5.43 Å². The van der Waals surface area contributed by atoms with Crippen LogP contribution < -0.4 is 16.6 Å². The first-order chi connectivity index (χ1) is 9.79. The first-order valence-corrected chi connectivity index (χ1v) is 6.61. The van der Waals surface area contributed by atoms with Crippen molar-refractivity contribution in [2.24, 2.45) is 5.84 Å². The van der Waals surface area contributed by atoms with Gasteiger partial charge in [0.1, 0.15) is 5.82 Å². The van der Waals surface area contributed by atoms with Crippen LogP contribution >= 0.6 is 27.5 Å². The van der Waals surface area contributed by atoms with Crippen LogP contribution in [0, 0.1) is 0 Å². The largest absolute Gasteiger partial charge is 0.433 e. The number of hydrogen-bond acceptors (Lipinski definition) is 5. The quantitative estimate of drug-likeness (QED) is 0.554. The highest BCUT2D eigenvalue weighted by Crippen LogP contribution is 2.32. The van der Waals surface area contributed by atoms with Gasteiger partial charge in [-0.25, -0.2) is 10.8 Å². The second kappa shape index (κ2) is 6.04. The predicted molar refractivity (Wildman–Crippen MR) is 77.3 cm³/mol. The van der Waals surface area contributed by atoms with E-state index in [9.17, 15) is 13.2 Å². The van der Waals surface area contributed by atoms with Crippen molar-refractivity contribution in [3.8, 4) is 0 Å². The molecule has 10 heteroatoms. The zero-order chi connectivity index (χ0) is 15.6. The van der Waals surface area contributed by atoms with Crippen molar-refractivity contribution in [1.82, 2.24) is 9.97 Å². The SMILES string of the molecule is NNc1nc(Nc2ccc(Br)cc2Cl)cc(C(F)(F)F)n1. The molecule has 0 spiro atoms. The molecule has 4 N–H and O–H groups in total. The lowest BCUT2D eigenvalue weighted by Crippen LogP contribution is -2.16. The molecule has 0 aliphatic rings. The number of nitrogen functional groups attached to an aromatic ring is 1.